The van der Waals surface area contributed by atoms with E-state index in [9.17, 15) is 9.90 Å². The van der Waals surface area contributed by atoms with Crippen molar-refractivity contribution in [3.63, 3.8) is 0 Å². The van der Waals surface area contributed by atoms with Gasteiger partial charge in [-0.25, -0.2) is 29.0 Å². The molecule has 3 saturated heterocycles. The average molecular weight is 561 g/mol. The number of aromatic nitrogens is 4. The van der Waals surface area contributed by atoms with E-state index in [-0.39, 0.29) is 53.2 Å². The van der Waals surface area contributed by atoms with Gasteiger partial charge in [-0.15, -0.1) is 0 Å². The highest BCUT2D eigenvalue weighted by Crippen LogP contribution is 2.37. The number of cyclic esters (lactones) is 1. The first kappa shape index (κ1) is 26.2. The second-order valence-corrected chi connectivity index (χ2v) is 11.2. The number of carbonyl (C=O) groups is 1. The Hall–Kier alpha value is -3.06. The van der Waals surface area contributed by atoms with E-state index >= 15 is 4.39 Å². The normalized spacial score (nSPS) is 26.7. The summed E-state index contributed by atoms with van der Waals surface area (Å²) in [5.74, 6) is 0.102. The summed E-state index contributed by atoms with van der Waals surface area (Å²) in [6.45, 7) is 8.55. The molecule has 3 fully saturated rings. The number of nitrogens with one attached hydrogen (secondary N) is 1. The van der Waals surface area contributed by atoms with Crippen LogP contribution in [0, 0.1) is 11.7 Å². The molecule has 0 aliphatic carbocycles. The number of halogens is 2. The molecular weight excluding hydrogens is 531 g/mol. The second-order valence-electron chi connectivity index (χ2n) is 10.8. The topological polar surface area (TPSA) is 124 Å². The molecule has 2 N–H and O–H groups in total. The molecule has 13 heteroatoms. The number of ether oxygens (including phenoxy) is 3. The van der Waals surface area contributed by atoms with Gasteiger partial charge in [0.25, 0.3) is 0 Å². The molecule has 0 saturated carbocycles. The number of benzene rings is 1. The van der Waals surface area contributed by atoms with Crippen LogP contribution in [-0.4, -0.2) is 74.5 Å². The molecule has 2 bridgehead atoms. The summed E-state index contributed by atoms with van der Waals surface area (Å²) in [7, 11) is 0. The van der Waals surface area contributed by atoms with Crippen LogP contribution in [0.1, 0.15) is 40.2 Å². The van der Waals surface area contributed by atoms with Crippen molar-refractivity contribution in [1.82, 2.24) is 19.5 Å². The summed E-state index contributed by atoms with van der Waals surface area (Å²) in [5.41, 5.74) is 1.36. The molecule has 6 rings (SSSR count). The van der Waals surface area contributed by atoms with Crippen molar-refractivity contribution >= 4 is 40.6 Å². The summed E-state index contributed by atoms with van der Waals surface area (Å²) >= 11 is 6.49. The van der Waals surface area contributed by atoms with Crippen LogP contribution in [0.4, 0.5) is 21.1 Å². The van der Waals surface area contributed by atoms with Crippen molar-refractivity contribution in [2.24, 2.45) is 5.92 Å². The number of hydrogen-bond acceptors (Lipinski definition) is 9. The molecule has 3 aromatic rings. The summed E-state index contributed by atoms with van der Waals surface area (Å²) < 4.78 is 33.8. The van der Waals surface area contributed by atoms with Crippen molar-refractivity contribution in [2.45, 2.75) is 70.7 Å². The van der Waals surface area contributed by atoms with Gasteiger partial charge in [0.15, 0.2) is 12.1 Å². The molecule has 0 unspecified atom stereocenters. The zero-order valence-corrected chi connectivity index (χ0v) is 22.7. The quantitative estimate of drug-likeness (QED) is 0.458. The molecule has 0 radical (unpaired) electrons. The van der Waals surface area contributed by atoms with Crippen molar-refractivity contribution in [3.8, 4) is 11.3 Å². The van der Waals surface area contributed by atoms with Crippen LogP contribution in [0.3, 0.4) is 0 Å². The Morgan fingerprint density at radius 2 is 2.00 bits per heavy atom. The summed E-state index contributed by atoms with van der Waals surface area (Å²) in [6.07, 6.45) is -0.261. The van der Waals surface area contributed by atoms with E-state index in [1.165, 1.54) is 17.2 Å². The number of nitrogens with zero attached hydrogens (tertiary/aromatic N) is 5. The van der Waals surface area contributed by atoms with Crippen LogP contribution in [0.15, 0.2) is 18.3 Å². The minimum absolute atomic E-state index is 0.110. The first-order valence-electron chi connectivity index (χ1n) is 13.0. The summed E-state index contributed by atoms with van der Waals surface area (Å²) in [4.78, 5) is 27.6. The van der Waals surface area contributed by atoms with Crippen LogP contribution in [-0.2, 0) is 14.2 Å². The molecule has 39 heavy (non-hydrogen) atoms. The number of imidazole rings is 1. The van der Waals surface area contributed by atoms with Gasteiger partial charge >= 0.3 is 6.09 Å². The Morgan fingerprint density at radius 1 is 1.21 bits per heavy atom. The van der Waals surface area contributed by atoms with Gasteiger partial charge in [0.1, 0.15) is 18.2 Å². The highest BCUT2D eigenvalue weighted by atomic mass is 35.5. The first-order chi connectivity index (χ1) is 18.6. The van der Waals surface area contributed by atoms with Crippen LogP contribution in [0.25, 0.3) is 22.3 Å². The minimum atomic E-state index is -0.897. The smallest absolute Gasteiger partial charge is 0.417 e. The molecule has 5 heterocycles. The lowest BCUT2D eigenvalue weighted by atomic mass is 10.0. The molecule has 3 aliphatic heterocycles. The van der Waals surface area contributed by atoms with Gasteiger partial charge in [0.05, 0.1) is 47.2 Å². The van der Waals surface area contributed by atoms with Gasteiger partial charge in [0.2, 0.25) is 11.9 Å². The minimum Gasteiger partial charge on any atom is -0.447 e. The Morgan fingerprint density at radius 3 is 2.74 bits per heavy atom. The van der Waals surface area contributed by atoms with Crippen LogP contribution < -0.4 is 10.2 Å². The van der Waals surface area contributed by atoms with E-state index in [4.69, 9.17) is 25.8 Å². The fourth-order valence-corrected chi connectivity index (χ4v) is 5.65. The van der Waals surface area contributed by atoms with E-state index < -0.39 is 24.3 Å². The van der Waals surface area contributed by atoms with Crippen LogP contribution >= 0.6 is 11.6 Å². The maximum atomic E-state index is 15.6. The van der Waals surface area contributed by atoms with Crippen molar-refractivity contribution in [3.05, 3.63) is 29.2 Å². The molecule has 3 aliphatic rings. The van der Waals surface area contributed by atoms with Crippen molar-refractivity contribution in [2.75, 3.05) is 23.4 Å². The zero-order valence-electron chi connectivity index (χ0n) is 22.0. The average Bonchev–Trinajstić information content (AvgIpc) is 3.58. The Balaban J connectivity index is 1.40. The van der Waals surface area contributed by atoms with Gasteiger partial charge in [-0.2, -0.15) is 0 Å². The number of fused-ring (bicyclic) bond motifs is 3. The monoisotopic (exact) mass is 560 g/mol. The number of aliphatic hydroxyl groups is 1. The molecular formula is C26H30ClFN6O5. The highest BCUT2D eigenvalue weighted by Gasteiger charge is 2.44. The third kappa shape index (κ3) is 4.48. The van der Waals surface area contributed by atoms with E-state index in [0.717, 1.165) is 0 Å². The Labute approximate surface area is 229 Å². The molecule has 1 aromatic carbocycles. The maximum Gasteiger partial charge on any atom is 0.417 e. The van der Waals surface area contributed by atoms with E-state index in [1.807, 2.05) is 32.3 Å². The van der Waals surface area contributed by atoms with E-state index in [1.54, 1.807) is 6.07 Å². The number of carbonyl (C=O) groups excluding carboxylic acids is 1. The Bertz CT molecular complexity index is 1430. The van der Waals surface area contributed by atoms with Gasteiger partial charge in [-0.1, -0.05) is 25.4 Å². The van der Waals surface area contributed by atoms with Crippen LogP contribution in [0.2, 0.25) is 5.02 Å². The number of hydrogen-bond donors (Lipinski definition) is 2. The predicted octanol–water partition coefficient (Wildman–Crippen LogP) is 4.13. The lowest BCUT2D eigenvalue weighted by molar-refractivity contribution is -0.156. The largest absolute Gasteiger partial charge is 0.447 e. The van der Waals surface area contributed by atoms with Gasteiger partial charge in [-0.05, 0) is 38.3 Å². The number of rotatable bonds is 6. The van der Waals surface area contributed by atoms with E-state index in [0.29, 0.717) is 35.8 Å². The molecule has 1 amide bonds. The molecule has 208 valence electrons. The lowest BCUT2D eigenvalue weighted by Crippen LogP contribution is -2.48. The Kier molecular flexibility index (Phi) is 6.61. The number of aliphatic hydroxyl groups excluding tert-OH is 1. The summed E-state index contributed by atoms with van der Waals surface area (Å²) in [6, 6.07) is 2.33. The molecule has 11 nitrogen and oxygen atoms in total. The van der Waals surface area contributed by atoms with Crippen molar-refractivity contribution in [1.29, 1.82) is 0 Å². The lowest BCUT2D eigenvalue weighted by Gasteiger charge is -2.32. The van der Waals surface area contributed by atoms with Gasteiger partial charge in [0, 0.05) is 11.6 Å². The van der Waals surface area contributed by atoms with Crippen LogP contribution in [0.5, 0.6) is 0 Å². The first-order valence-corrected chi connectivity index (χ1v) is 13.4. The SMILES string of the molecule is CC(C)[C@H]1COC(=O)N1c1nc2c(F)cc(-c3nc(N[C@@H]4C[C@H]5CO[C@H](O5)[C@H]4O)ncc3Cl)cc2n1C(C)C. The predicted molar refractivity (Wildman–Crippen MR) is 141 cm³/mol. The maximum absolute atomic E-state index is 15.6. The summed E-state index contributed by atoms with van der Waals surface area (Å²) in [5, 5.41) is 14.0. The third-order valence-corrected chi connectivity index (χ3v) is 7.73. The number of amides is 1. The fraction of sp³-hybridized carbons (Fsp3) is 0.538. The van der Waals surface area contributed by atoms with Crippen molar-refractivity contribution < 1.29 is 28.5 Å². The standard InChI is InChI=1S/C26H30ClFN6O5/c1-11(2)19-10-38-26(36)34(19)25-32-21-16(28)5-13(6-18(21)33(25)12(3)4)20-15(27)8-29-24(31-20)30-17-7-14-9-37-23(39-14)22(17)35/h5-6,8,11-12,14,17,19,22-23,35H,7,9-10H2,1-4H3,(H,29,30,31)/t14-,17+,19+,22-,23+/m0/s1. The highest BCUT2D eigenvalue weighted by molar-refractivity contribution is 6.33. The third-order valence-electron chi connectivity index (χ3n) is 7.45. The van der Waals surface area contributed by atoms with Gasteiger partial charge < -0.3 is 29.2 Å². The fourth-order valence-electron chi connectivity index (χ4n) is 5.45. The molecule has 2 aromatic heterocycles. The van der Waals surface area contributed by atoms with E-state index in [2.05, 4.69) is 20.3 Å². The number of anilines is 2. The molecule has 5 atom stereocenters. The zero-order chi connectivity index (χ0) is 27.6. The molecule has 0 spiro atoms. The van der Waals surface area contributed by atoms with Gasteiger partial charge in [-0.3, -0.25) is 0 Å². The second kappa shape index (κ2) is 9.84.